The Morgan fingerprint density at radius 2 is 1.69 bits per heavy atom. The first-order chi connectivity index (χ1) is 16.6. The molecule has 0 spiro atoms. The van der Waals surface area contributed by atoms with Gasteiger partial charge in [0.1, 0.15) is 17.9 Å². The maximum absolute atomic E-state index is 13.2. The van der Waals surface area contributed by atoms with Crippen LogP contribution in [0.3, 0.4) is 0 Å². The lowest BCUT2D eigenvalue weighted by Gasteiger charge is -2.27. The third kappa shape index (κ3) is 5.47. The lowest BCUT2D eigenvalue weighted by molar-refractivity contribution is -0.122. The summed E-state index contributed by atoms with van der Waals surface area (Å²) in [6.45, 7) is 6.23. The summed E-state index contributed by atoms with van der Waals surface area (Å²) in [6.07, 6.45) is 1.44. The number of nitrogens with zero attached hydrogens (tertiary/aromatic N) is 1. The molecule has 1 aliphatic rings. The van der Waals surface area contributed by atoms with E-state index in [2.05, 4.69) is 39.4 Å². The number of imide groups is 2. The van der Waals surface area contributed by atoms with Crippen molar-refractivity contribution >= 4 is 57.1 Å². The first-order valence-electron chi connectivity index (χ1n) is 10.8. The maximum atomic E-state index is 13.2. The highest BCUT2D eigenvalue weighted by Crippen LogP contribution is 2.30. The highest BCUT2D eigenvalue weighted by molar-refractivity contribution is 9.10. The molecular weight excluding hydrogens is 532 g/mol. The number of carbonyl (C=O) groups is 3. The Hall–Kier alpha value is -3.42. The fourth-order valence-electron chi connectivity index (χ4n) is 3.90. The van der Waals surface area contributed by atoms with Crippen molar-refractivity contribution in [2.24, 2.45) is 0 Å². The van der Waals surface area contributed by atoms with Gasteiger partial charge in [0.05, 0.1) is 10.2 Å². The zero-order valence-corrected chi connectivity index (χ0v) is 21.7. The normalized spacial score (nSPS) is 14.9. The van der Waals surface area contributed by atoms with E-state index in [-0.39, 0.29) is 5.57 Å². The SMILES string of the molecule is Cc1cc(C)cc(COc2ccc(/C=C3\C(=O)NC(=O)N(c4cc(Cl)ccc4C)C3=O)cc2Br)c1. The Bertz CT molecular complexity index is 1380. The number of rotatable bonds is 5. The van der Waals surface area contributed by atoms with Crippen LogP contribution in [0.4, 0.5) is 10.5 Å². The molecule has 1 N–H and O–H groups in total. The molecule has 8 heteroatoms. The number of nitrogens with one attached hydrogen (secondary N) is 1. The summed E-state index contributed by atoms with van der Waals surface area (Å²) in [5.74, 6) is -0.866. The van der Waals surface area contributed by atoms with E-state index in [1.807, 2.05) is 13.8 Å². The molecule has 0 radical (unpaired) electrons. The molecule has 0 bridgehead atoms. The molecule has 6 nitrogen and oxygen atoms in total. The van der Waals surface area contributed by atoms with Crippen LogP contribution < -0.4 is 15.0 Å². The van der Waals surface area contributed by atoms with E-state index in [4.69, 9.17) is 16.3 Å². The molecule has 1 saturated heterocycles. The molecule has 0 atom stereocenters. The lowest BCUT2D eigenvalue weighted by atomic mass is 10.1. The molecule has 0 unspecified atom stereocenters. The minimum atomic E-state index is -0.821. The fourth-order valence-corrected chi connectivity index (χ4v) is 4.58. The average Bonchev–Trinajstić information content (AvgIpc) is 2.77. The number of carbonyl (C=O) groups excluding carboxylic acids is 3. The number of urea groups is 1. The van der Waals surface area contributed by atoms with E-state index in [0.29, 0.717) is 38.7 Å². The molecule has 178 valence electrons. The lowest BCUT2D eigenvalue weighted by Crippen LogP contribution is -2.54. The van der Waals surface area contributed by atoms with E-state index in [1.54, 1.807) is 37.3 Å². The highest BCUT2D eigenvalue weighted by Gasteiger charge is 2.37. The van der Waals surface area contributed by atoms with Crippen LogP contribution in [-0.2, 0) is 16.2 Å². The van der Waals surface area contributed by atoms with Gasteiger partial charge in [-0.15, -0.1) is 0 Å². The number of ether oxygens (including phenoxy) is 1. The number of hydrogen-bond donors (Lipinski definition) is 1. The Morgan fingerprint density at radius 1 is 0.971 bits per heavy atom. The second-order valence-electron chi connectivity index (χ2n) is 8.36. The van der Waals surface area contributed by atoms with Gasteiger partial charge < -0.3 is 4.74 Å². The molecule has 35 heavy (non-hydrogen) atoms. The standard InChI is InChI=1S/C27H22BrClN2O4/c1-15-8-16(2)10-19(9-15)14-35-24-7-5-18(12-22(24)28)11-21-25(32)30-27(34)31(26(21)33)23-13-20(29)6-4-17(23)3/h4-13H,14H2,1-3H3,(H,30,32,34)/b21-11+. The first kappa shape index (κ1) is 24.7. The van der Waals surface area contributed by atoms with Crippen molar-refractivity contribution in [2.45, 2.75) is 27.4 Å². The first-order valence-corrected chi connectivity index (χ1v) is 12.0. The molecule has 4 rings (SSSR count). The Kier molecular flexibility index (Phi) is 7.10. The number of aryl methyl sites for hydroxylation is 3. The average molecular weight is 554 g/mol. The number of benzene rings is 3. The van der Waals surface area contributed by atoms with Gasteiger partial charge in [-0.1, -0.05) is 53.1 Å². The molecule has 1 heterocycles. The van der Waals surface area contributed by atoms with Crippen LogP contribution in [-0.4, -0.2) is 17.8 Å². The molecule has 0 aliphatic carbocycles. The monoisotopic (exact) mass is 552 g/mol. The molecule has 0 aromatic heterocycles. The summed E-state index contributed by atoms with van der Waals surface area (Å²) >= 11 is 9.57. The molecule has 4 amide bonds. The summed E-state index contributed by atoms with van der Waals surface area (Å²) in [5, 5.41) is 2.60. The van der Waals surface area contributed by atoms with Crippen molar-refractivity contribution in [3.05, 3.63) is 97.5 Å². The van der Waals surface area contributed by atoms with Crippen molar-refractivity contribution in [2.75, 3.05) is 4.90 Å². The number of anilines is 1. The summed E-state index contributed by atoms with van der Waals surface area (Å²) in [7, 11) is 0. The molecule has 1 fully saturated rings. The minimum Gasteiger partial charge on any atom is -0.488 e. The van der Waals surface area contributed by atoms with Gasteiger partial charge in [-0.3, -0.25) is 14.9 Å². The number of halogens is 2. The minimum absolute atomic E-state index is 0.167. The number of barbiturate groups is 1. The van der Waals surface area contributed by atoms with E-state index < -0.39 is 17.8 Å². The zero-order valence-electron chi connectivity index (χ0n) is 19.3. The van der Waals surface area contributed by atoms with Gasteiger partial charge in [0.15, 0.2) is 0 Å². The third-order valence-electron chi connectivity index (χ3n) is 5.46. The van der Waals surface area contributed by atoms with E-state index >= 15 is 0 Å². The Balaban J connectivity index is 1.58. The van der Waals surface area contributed by atoms with Crippen LogP contribution in [0.15, 0.2) is 64.6 Å². The second-order valence-corrected chi connectivity index (χ2v) is 9.65. The Morgan fingerprint density at radius 3 is 2.37 bits per heavy atom. The van der Waals surface area contributed by atoms with E-state index in [1.165, 1.54) is 23.3 Å². The van der Waals surface area contributed by atoms with Crippen LogP contribution in [0.25, 0.3) is 6.08 Å². The van der Waals surface area contributed by atoms with Gasteiger partial charge >= 0.3 is 6.03 Å². The predicted octanol–water partition coefficient (Wildman–Crippen LogP) is 6.27. The van der Waals surface area contributed by atoms with Crippen LogP contribution in [0.5, 0.6) is 5.75 Å². The number of amides is 4. The van der Waals surface area contributed by atoms with Gasteiger partial charge in [0, 0.05) is 5.02 Å². The Labute approximate surface area is 216 Å². The summed E-state index contributed by atoms with van der Waals surface area (Å²) in [4.78, 5) is 39.1. The van der Waals surface area contributed by atoms with Crippen LogP contribution in [0.2, 0.25) is 5.02 Å². The molecule has 3 aromatic rings. The van der Waals surface area contributed by atoms with Crippen molar-refractivity contribution in [1.29, 1.82) is 0 Å². The zero-order chi connectivity index (χ0) is 25.3. The number of hydrogen-bond acceptors (Lipinski definition) is 4. The smallest absolute Gasteiger partial charge is 0.335 e. The van der Waals surface area contributed by atoms with Crippen LogP contribution in [0.1, 0.15) is 27.8 Å². The summed E-state index contributed by atoms with van der Waals surface area (Å²) < 4.78 is 6.62. The van der Waals surface area contributed by atoms with E-state index in [0.717, 1.165) is 10.5 Å². The highest BCUT2D eigenvalue weighted by atomic mass is 79.9. The third-order valence-corrected chi connectivity index (χ3v) is 6.31. The van der Waals surface area contributed by atoms with Gasteiger partial charge in [-0.2, -0.15) is 0 Å². The molecule has 0 saturated carbocycles. The van der Waals surface area contributed by atoms with Gasteiger partial charge in [-0.05, 0) is 83.7 Å². The van der Waals surface area contributed by atoms with Crippen molar-refractivity contribution < 1.29 is 19.1 Å². The van der Waals surface area contributed by atoms with Crippen molar-refractivity contribution in [1.82, 2.24) is 5.32 Å². The van der Waals surface area contributed by atoms with Gasteiger partial charge in [-0.25, -0.2) is 9.69 Å². The summed E-state index contributed by atoms with van der Waals surface area (Å²) in [5.41, 5.74) is 4.80. The van der Waals surface area contributed by atoms with Crippen molar-refractivity contribution in [3.8, 4) is 5.75 Å². The molecular formula is C27H22BrClN2O4. The topological polar surface area (TPSA) is 75.7 Å². The maximum Gasteiger partial charge on any atom is 0.335 e. The van der Waals surface area contributed by atoms with Crippen LogP contribution >= 0.6 is 27.5 Å². The predicted molar refractivity (Wildman–Crippen MR) is 140 cm³/mol. The van der Waals surface area contributed by atoms with Gasteiger partial charge in [0.25, 0.3) is 11.8 Å². The quantitative estimate of drug-likeness (QED) is 0.298. The molecule has 1 aliphatic heterocycles. The van der Waals surface area contributed by atoms with Crippen LogP contribution in [0, 0.1) is 20.8 Å². The largest absolute Gasteiger partial charge is 0.488 e. The molecule has 3 aromatic carbocycles. The van der Waals surface area contributed by atoms with Crippen molar-refractivity contribution in [3.63, 3.8) is 0 Å². The van der Waals surface area contributed by atoms with Gasteiger partial charge in [0.2, 0.25) is 0 Å². The summed E-state index contributed by atoms with van der Waals surface area (Å²) in [6, 6.07) is 15.5. The second kappa shape index (κ2) is 10.1. The fraction of sp³-hybridized carbons (Fsp3) is 0.148. The van der Waals surface area contributed by atoms with E-state index in [9.17, 15) is 14.4 Å².